The third-order valence-corrected chi connectivity index (χ3v) is 1.56. The molecule has 1 atom stereocenters. The van der Waals surface area contributed by atoms with Gasteiger partial charge in [0.05, 0.1) is 0 Å². The Balaban J connectivity index is 0.000000791. The second-order valence-electron chi connectivity index (χ2n) is 2.13. The zero-order chi connectivity index (χ0) is 11.2. The molecule has 0 spiro atoms. The summed E-state index contributed by atoms with van der Waals surface area (Å²) < 4.78 is 23.7. The van der Waals surface area contributed by atoms with Gasteiger partial charge in [-0.3, -0.25) is 4.57 Å². The van der Waals surface area contributed by atoms with E-state index in [0.717, 1.165) is 12.9 Å². The Morgan fingerprint density at radius 1 is 1.57 bits per heavy atom. The van der Waals surface area contributed by atoms with Crippen LogP contribution in [0.2, 0.25) is 0 Å². The van der Waals surface area contributed by atoms with Crippen LogP contribution >= 0.6 is 7.60 Å². The van der Waals surface area contributed by atoms with Crippen molar-refractivity contribution in [3.63, 3.8) is 0 Å². The monoisotopic (exact) mass is 224 g/mol. The van der Waals surface area contributed by atoms with Crippen LogP contribution in [-0.4, -0.2) is 11.6 Å². The molecular weight excluding hydrogens is 211 g/mol. The predicted molar refractivity (Wildman–Crippen MR) is 49.1 cm³/mol. The summed E-state index contributed by atoms with van der Waals surface area (Å²) in [6, 6.07) is 0. The topological polar surface area (TPSA) is 89.9 Å². The standard InChI is InChI=1S/C5H7O6P.C2H6/c1-12(7,8)10-3-4-2-9-5(6)11-4;1-2/h2H,3H2,1H3,(H,7,8);1-2H3. The second kappa shape index (κ2) is 5.80. The van der Waals surface area contributed by atoms with Gasteiger partial charge in [0.15, 0.2) is 5.76 Å². The zero-order valence-corrected chi connectivity index (χ0v) is 9.11. The maximum absolute atomic E-state index is 10.6. The molecule has 6 nitrogen and oxygen atoms in total. The van der Waals surface area contributed by atoms with Crippen LogP contribution in [0, 0.1) is 0 Å². The Bertz CT molecular complexity index is 345. The second-order valence-corrected chi connectivity index (χ2v) is 3.99. The van der Waals surface area contributed by atoms with Gasteiger partial charge in [-0.15, -0.1) is 0 Å². The summed E-state index contributed by atoms with van der Waals surface area (Å²) in [5, 5.41) is 0. The minimum absolute atomic E-state index is 0.0797. The van der Waals surface area contributed by atoms with Crippen LogP contribution in [0.1, 0.15) is 19.6 Å². The first kappa shape index (κ1) is 13.2. The Kier molecular flexibility index (Phi) is 5.45. The molecule has 1 aromatic heterocycles. The highest BCUT2D eigenvalue weighted by Gasteiger charge is 2.11. The molecule has 14 heavy (non-hydrogen) atoms. The van der Waals surface area contributed by atoms with Gasteiger partial charge in [-0.1, -0.05) is 13.8 Å². The van der Waals surface area contributed by atoms with Gasteiger partial charge in [0.2, 0.25) is 0 Å². The van der Waals surface area contributed by atoms with Gasteiger partial charge in [0.25, 0.3) is 0 Å². The van der Waals surface area contributed by atoms with E-state index >= 15 is 0 Å². The average Bonchev–Trinajstić information content (AvgIpc) is 2.50. The third kappa shape index (κ3) is 5.75. The number of hydrogen-bond donors (Lipinski definition) is 1. The summed E-state index contributed by atoms with van der Waals surface area (Å²) in [7, 11) is -3.53. The smallest absolute Gasteiger partial charge is 0.399 e. The molecule has 0 aliphatic rings. The quantitative estimate of drug-likeness (QED) is 0.784. The molecule has 0 saturated carbocycles. The maximum Gasteiger partial charge on any atom is 0.518 e. The molecule has 0 bridgehead atoms. The van der Waals surface area contributed by atoms with Crippen LogP contribution in [0.15, 0.2) is 19.9 Å². The molecule has 0 aliphatic carbocycles. The average molecular weight is 224 g/mol. The molecule has 0 aromatic carbocycles. The van der Waals surface area contributed by atoms with Crippen molar-refractivity contribution in [3.8, 4) is 0 Å². The van der Waals surface area contributed by atoms with E-state index in [1.54, 1.807) is 0 Å². The highest BCUT2D eigenvalue weighted by Crippen LogP contribution is 2.37. The molecule has 0 fully saturated rings. The molecular formula is C7H13O6P. The van der Waals surface area contributed by atoms with E-state index in [9.17, 15) is 9.36 Å². The van der Waals surface area contributed by atoms with Crippen LogP contribution in [0.5, 0.6) is 0 Å². The van der Waals surface area contributed by atoms with Crippen molar-refractivity contribution < 1.29 is 22.8 Å². The lowest BCUT2D eigenvalue weighted by Crippen LogP contribution is -1.90. The first-order valence-corrected chi connectivity index (χ1v) is 6.02. The van der Waals surface area contributed by atoms with Crippen LogP contribution < -0.4 is 5.82 Å². The number of rotatable bonds is 3. The normalized spacial score (nSPS) is 14.0. The van der Waals surface area contributed by atoms with Crippen molar-refractivity contribution in [2.45, 2.75) is 20.5 Å². The van der Waals surface area contributed by atoms with E-state index in [0.29, 0.717) is 0 Å². The molecule has 7 heteroatoms. The van der Waals surface area contributed by atoms with E-state index in [4.69, 9.17) is 4.89 Å². The molecule has 1 N–H and O–H groups in total. The first-order chi connectivity index (χ1) is 6.47. The van der Waals surface area contributed by atoms with Crippen LogP contribution in [-0.2, 0) is 15.7 Å². The van der Waals surface area contributed by atoms with Gasteiger partial charge in [-0.05, 0) is 0 Å². The van der Waals surface area contributed by atoms with Crippen molar-refractivity contribution in [2.75, 3.05) is 6.66 Å². The highest BCUT2D eigenvalue weighted by molar-refractivity contribution is 7.51. The van der Waals surface area contributed by atoms with Gasteiger partial charge in [-0.25, -0.2) is 4.79 Å². The van der Waals surface area contributed by atoms with E-state index in [1.165, 1.54) is 0 Å². The Morgan fingerprint density at radius 2 is 2.14 bits per heavy atom. The van der Waals surface area contributed by atoms with Crippen LogP contribution in [0.3, 0.4) is 0 Å². The molecule has 1 heterocycles. The van der Waals surface area contributed by atoms with E-state index < -0.39 is 13.4 Å². The van der Waals surface area contributed by atoms with Gasteiger partial charge in [-0.2, -0.15) is 0 Å². The number of hydrogen-bond acceptors (Lipinski definition) is 5. The Labute approximate surface area is 81.0 Å². The van der Waals surface area contributed by atoms with E-state index in [2.05, 4.69) is 13.4 Å². The van der Waals surface area contributed by atoms with Gasteiger partial charge >= 0.3 is 13.4 Å². The molecule has 1 rings (SSSR count). The largest absolute Gasteiger partial charge is 0.518 e. The minimum Gasteiger partial charge on any atom is -0.399 e. The third-order valence-electron chi connectivity index (χ3n) is 0.947. The van der Waals surface area contributed by atoms with Crippen molar-refractivity contribution in [2.24, 2.45) is 0 Å². The lowest BCUT2D eigenvalue weighted by molar-refractivity contribution is 0.229. The molecule has 1 unspecified atom stereocenters. The lowest BCUT2D eigenvalue weighted by Gasteiger charge is -2.02. The fourth-order valence-electron chi connectivity index (χ4n) is 0.516. The summed E-state index contributed by atoms with van der Waals surface area (Å²) in [6.07, 6.45) is 1.03. The fraction of sp³-hybridized carbons (Fsp3) is 0.571. The summed E-state index contributed by atoms with van der Waals surface area (Å²) in [4.78, 5) is 19.0. The summed E-state index contributed by atoms with van der Waals surface area (Å²) in [5.74, 6) is -0.784. The van der Waals surface area contributed by atoms with Crippen molar-refractivity contribution in [3.05, 3.63) is 22.6 Å². The summed E-state index contributed by atoms with van der Waals surface area (Å²) >= 11 is 0. The lowest BCUT2D eigenvalue weighted by atomic mass is 10.6. The van der Waals surface area contributed by atoms with Gasteiger partial charge in [0, 0.05) is 6.66 Å². The SMILES string of the molecule is CC.CP(=O)(O)OCc1coc(=O)o1. The molecule has 0 radical (unpaired) electrons. The highest BCUT2D eigenvalue weighted by atomic mass is 31.2. The molecule has 82 valence electrons. The maximum atomic E-state index is 10.6. The van der Waals surface area contributed by atoms with Crippen LogP contribution in [0.4, 0.5) is 0 Å². The van der Waals surface area contributed by atoms with E-state index in [-0.39, 0.29) is 12.4 Å². The van der Waals surface area contributed by atoms with Gasteiger partial charge in [0.1, 0.15) is 12.9 Å². The predicted octanol–water partition coefficient (Wildman–Crippen LogP) is 1.59. The first-order valence-electron chi connectivity index (χ1n) is 4.00. The van der Waals surface area contributed by atoms with Gasteiger partial charge < -0.3 is 18.3 Å². The Hall–Kier alpha value is -0.840. The fourth-order valence-corrected chi connectivity index (χ4v) is 0.883. The van der Waals surface area contributed by atoms with Crippen molar-refractivity contribution in [1.82, 2.24) is 0 Å². The molecule has 0 saturated heterocycles. The van der Waals surface area contributed by atoms with Crippen LogP contribution in [0.25, 0.3) is 0 Å². The minimum atomic E-state index is -3.53. The van der Waals surface area contributed by atoms with Crippen molar-refractivity contribution >= 4 is 7.60 Å². The zero-order valence-electron chi connectivity index (χ0n) is 8.22. The molecule has 1 aromatic rings. The van der Waals surface area contributed by atoms with E-state index in [1.807, 2.05) is 13.8 Å². The molecule has 0 amide bonds. The van der Waals surface area contributed by atoms with Crippen molar-refractivity contribution in [1.29, 1.82) is 0 Å². The molecule has 0 aliphatic heterocycles. The summed E-state index contributed by atoms with van der Waals surface area (Å²) in [5.41, 5.74) is 0. The summed E-state index contributed by atoms with van der Waals surface area (Å²) in [6.45, 7) is 4.78. The Morgan fingerprint density at radius 3 is 2.50 bits per heavy atom.